The monoisotopic (exact) mass is 516 g/mol. The molecular weight excluding hydrogens is 487 g/mol. The lowest BCUT2D eigenvalue weighted by Gasteiger charge is -2.39. The molecule has 9 nitrogen and oxygen atoms in total. The molecule has 3 amide bonds. The number of likely N-dealkylation sites (tertiary alicyclic amines) is 2. The van der Waals surface area contributed by atoms with Crippen LogP contribution < -0.4 is 5.32 Å². The normalized spacial score (nSPS) is 19.9. The maximum absolute atomic E-state index is 14.1. The first-order valence-corrected chi connectivity index (χ1v) is 12.7. The molecule has 0 radical (unpaired) electrons. The predicted molar refractivity (Wildman–Crippen MR) is 140 cm³/mol. The van der Waals surface area contributed by atoms with E-state index in [4.69, 9.17) is 0 Å². The van der Waals surface area contributed by atoms with Gasteiger partial charge in [-0.1, -0.05) is 45.0 Å². The number of aromatic amines is 2. The van der Waals surface area contributed by atoms with Gasteiger partial charge in [0.05, 0.1) is 28.6 Å². The highest BCUT2D eigenvalue weighted by atomic mass is 19.1. The maximum Gasteiger partial charge on any atom is 0.290 e. The number of aromatic nitrogens is 3. The van der Waals surface area contributed by atoms with Crippen LogP contribution >= 0.6 is 0 Å². The number of H-pyrrole nitrogens is 2. The Hall–Kier alpha value is -4.21. The van der Waals surface area contributed by atoms with Crippen molar-refractivity contribution in [2.45, 2.75) is 45.3 Å². The molecule has 2 saturated heterocycles. The summed E-state index contributed by atoms with van der Waals surface area (Å²) in [6, 6.07) is 12.7. The van der Waals surface area contributed by atoms with E-state index in [1.165, 1.54) is 6.07 Å². The maximum atomic E-state index is 14.1. The number of imidazole rings is 1. The number of hydrogen-bond acceptors (Lipinski definition) is 4. The number of carbonyl (C=O) groups excluding carboxylic acids is 3. The summed E-state index contributed by atoms with van der Waals surface area (Å²) in [7, 11) is 0. The minimum atomic E-state index is -0.801. The topological polar surface area (TPSA) is 114 Å². The van der Waals surface area contributed by atoms with E-state index >= 15 is 0 Å². The molecule has 2 fully saturated rings. The Morgan fingerprint density at radius 3 is 2.45 bits per heavy atom. The van der Waals surface area contributed by atoms with E-state index in [2.05, 4.69) is 20.3 Å². The Bertz CT molecular complexity index is 1550. The van der Waals surface area contributed by atoms with E-state index in [-0.39, 0.29) is 35.1 Å². The Kier molecular flexibility index (Phi) is 5.51. The van der Waals surface area contributed by atoms with Crippen molar-refractivity contribution in [2.75, 3.05) is 13.1 Å². The minimum Gasteiger partial charge on any atom is -0.348 e. The standard InChI is InChI=1S/C28H29FN6O3/c1-28(2,3)23(33-25(36)21-11-15-7-6-8-18(29)22(15)30-21)26(37)34-13-17-12-16(34)14-35(17)27(38)24-31-19-9-4-5-10-20(19)32-24/h4-11,16-17,23,30H,12-14H2,1-3H3,(H,31,32)(H,33,36). The van der Waals surface area contributed by atoms with Gasteiger partial charge in [0.25, 0.3) is 11.8 Å². The van der Waals surface area contributed by atoms with E-state index in [0.29, 0.717) is 30.7 Å². The molecule has 3 N–H and O–H groups in total. The summed E-state index contributed by atoms with van der Waals surface area (Å²) in [4.78, 5) is 54.1. The summed E-state index contributed by atoms with van der Waals surface area (Å²) in [5, 5.41) is 3.47. The number of benzene rings is 2. The van der Waals surface area contributed by atoms with Crippen LogP contribution in [0.15, 0.2) is 48.5 Å². The van der Waals surface area contributed by atoms with Crippen LogP contribution in [-0.2, 0) is 4.79 Å². The summed E-state index contributed by atoms with van der Waals surface area (Å²) >= 11 is 0. The van der Waals surface area contributed by atoms with Gasteiger partial charge in [-0.05, 0) is 36.1 Å². The van der Waals surface area contributed by atoms with Crippen molar-refractivity contribution in [1.29, 1.82) is 0 Å². The highest BCUT2D eigenvalue weighted by molar-refractivity contribution is 6.00. The van der Waals surface area contributed by atoms with Crippen LogP contribution in [0.5, 0.6) is 0 Å². The second-order valence-corrected chi connectivity index (χ2v) is 11.3. The number of hydrogen-bond donors (Lipinski definition) is 3. The smallest absolute Gasteiger partial charge is 0.290 e. The van der Waals surface area contributed by atoms with E-state index in [1.807, 2.05) is 45.0 Å². The number of nitrogens with one attached hydrogen (secondary N) is 3. The number of nitrogens with zero attached hydrogens (tertiary/aromatic N) is 3. The molecule has 196 valence electrons. The van der Waals surface area contributed by atoms with Gasteiger partial charge in [0.2, 0.25) is 5.91 Å². The van der Waals surface area contributed by atoms with Gasteiger partial charge in [0.1, 0.15) is 17.6 Å². The second kappa shape index (κ2) is 8.68. The Morgan fingerprint density at radius 2 is 1.76 bits per heavy atom. The van der Waals surface area contributed by atoms with Gasteiger partial charge in [-0.15, -0.1) is 0 Å². The third-order valence-corrected chi connectivity index (χ3v) is 7.61. The van der Waals surface area contributed by atoms with Gasteiger partial charge in [-0.2, -0.15) is 0 Å². The van der Waals surface area contributed by atoms with Crippen molar-refractivity contribution in [3.8, 4) is 0 Å². The lowest BCUT2D eigenvalue weighted by molar-refractivity contribution is -0.138. The first-order valence-electron chi connectivity index (χ1n) is 12.7. The number of piperazine rings is 1. The lowest BCUT2D eigenvalue weighted by Crippen LogP contribution is -2.59. The van der Waals surface area contributed by atoms with E-state index < -0.39 is 23.2 Å². The highest BCUT2D eigenvalue weighted by Gasteiger charge is 2.50. The zero-order valence-electron chi connectivity index (χ0n) is 21.4. The van der Waals surface area contributed by atoms with Gasteiger partial charge in [0.15, 0.2) is 5.82 Å². The van der Waals surface area contributed by atoms with Crippen molar-refractivity contribution in [2.24, 2.45) is 5.41 Å². The number of amides is 3. The third-order valence-electron chi connectivity index (χ3n) is 7.61. The van der Waals surface area contributed by atoms with Crippen LogP contribution in [0.2, 0.25) is 0 Å². The van der Waals surface area contributed by atoms with E-state index in [9.17, 15) is 18.8 Å². The second-order valence-electron chi connectivity index (χ2n) is 11.3. The van der Waals surface area contributed by atoms with E-state index in [1.54, 1.807) is 28.0 Å². The first kappa shape index (κ1) is 24.1. The number of para-hydroxylation sites is 3. The summed E-state index contributed by atoms with van der Waals surface area (Å²) in [6.07, 6.45) is 0.684. The van der Waals surface area contributed by atoms with Crippen LogP contribution in [-0.4, -0.2) is 73.7 Å². The Labute approximate surface area is 218 Å². The number of rotatable bonds is 4. The molecule has 0 spiro atoms. The van der Waals surface area contributed by atoms with Crippen LogP contribution in [0.25, 0.3) is 21.9 Å². The molecule has 3 unspecified atom stereocenters. The van der Waals surface area contributed by atoms with Crippen LogP contribution in [0, 0.1) is 11.2 Å². The summed E-state index contributed by atoms with van der Waals surface area (Å²) < 4.78 is 14.1. The molecule has 3 atom stereocenters. The van der Waals surface area contributed by atoms with Gasteiger partial charge in [-0.25, -0.2) is 9.37 Å². The summed E-state index contributed by atoms with van der Waals surface area (Å²) in [5.41, 5.74) is 1.41. The zero-order chi connectivity index (χ0) is 26.8. The lowest BCUT2D eigenvalue weighted by atomic mass is 9.85. The third kappa shape index (κ3) is 4.00. The first-order chi connectivity index (χ1) is 18.1. The molecule has 2 bridgehead atoms. The van der Waals surface area contributed by atoms with Gasteiger partial charge in [-0.3, -0.25) is 14.4 Å². The summed E-state index contributed by atoms with van der Waals surface area (Å²) in [6.45, 7) is 6.50. The zero-order valence-corrected chi connectivity index (χ0v) is 21.4. The van der Waals surface area contributed by atoms with Crippen molar-refractivity contribution >= 4 is 39.7 Å². The fourth-order valence-corrected chi connectivity index (χ4v) is 5.64. The number of fused-ring (bicyclic) bond motifs is 4. The van der Waals surface area contributed by atoms with Crippen LogP contribution in [0.4, 0.5) is 4.39 Å². The molecule has 2 aromatic heterocycles. The fraction of sp³-hybridized carbons (Fsp3) is 0.357. The van der Waals surface area contributed by atoms with Crippen molar-refractivity contribution < 1.29 is 18.8 Å². The van der Waals surface area contributed by atoms with Crippen molar-refractivity contribution in [3.05, 3.63) is 65.9 Å². The molecule has 2 aliphatic heterocycles. The van der Waals surface area contributed by atoms with Crippen LogP contribution in [0.3, 0.4) is 0 Å². The average molecular weight is 517 g/mol. The van der Waals surface area contributed by atoms with Gasteiger partial charge < -0.3 is 25.1 Å². The largest absolute Gasteiger partial charge is 0.348 e. The van der Waals surface area contributed by atoms with Crippen molar-refractivity contribution in [1.82, 2.24) is 30.1 Å². The van der Waals surface area contributed by atoms with Gasteiger partial charge >= 0.3 is 0 Å². The Balaban J connectivity index is 1.17. The molecular formula is C28H29FN6O3. The Morgan fingerprint density at radius 1 is 1.03 bits per heavy atom. The van der Waals surface area contributed by atoms with Crippen molar-refractivity contribution in [3.63, 3.8) is 0 Å². The molecule has 38 heavy (non-hydrogen) atoms. The molecule has 2 aliphatic rings. The highest BCUT2D eigenvalue weighted by Crippen LogP contribution is 2.34. The SMILES string of the molecule is CC(C)(C)C(NC(=O)c1cc2cccc(F)c2[nH]1)C(=O)N1CC2CC1CN2C(=O)c1nc2ccccc2[nH]1. The number of halogens is 1. The van der Waals surface area contributed by atoms with Gasteiger partial charge in [0, 0.05) is 18.5 Å². The predicted octanol–water partition coefficient (Wildman–Crippen LogP) is 3.45. The summed E-state index contributed by atoms with van der Waals surface area (Å²) in [5.74, 6) is -0.977. The van der Waals surface area contributed by atoms with E-state index in [0.717, 1.165) is 11.0 Å². The quantitative estimate of drug-likeness (QED) is 0.386. The fourth-order valence-electron chi connectivity index (χ4n) is 5.64. The minimum absolute atomic E-state index is 0.113. The van der Waals surface area contributed by atoms with Crippen LogP contribution in [0.1, 0.15) is 48.3 Å². The molecule has 10 heteroatoms. The molecule has 2 aromatic carbocycles. The molecule has 0 aliphatic carbocycles. The average Bonchev–Trinajstić information content (AvgIpc) is 3.67. The number of carbonyl (C=O) groups is 3. The molecule has 4 aromatic rings. The molecule has 6 rings (SSSR count). The molecule has 0 saturated carbocycles. The molecule has 4 heterocycles.